The second-order valence-corrected chi connectivity index (χ2v) is 5.38. The van der Waals surface area contributed by atoms with Gasteiger partial charge in [-0.25, -0.2) is 0 Å². The number of hydrogen-bond acceptors (Lipinski definition) is 4. The maximum Gasteiger partial charge on any atom is 0.157 e. The quantitative estimate of drug-likeness (QED) is 0.707. The van der Waals surface area contributed by atoms with Crippen LogP contribution in [0.5, 0.6) is 0 Å². The van der Waals surface area contributed by atoms with Crippen LogP contribution in [-0.2, 0) is 9.53 Å². The summed E-state index contributed by atoms with van der Waals surface area (Å²) in [5.41, 5.74) is -0.280. The van der Waals surface area contributed by atoms with E-state index in [1.807, 2.05) is 6.08 Å². The van der Waals surface area contributed by atoms with Gasteiger partial charge in [-0.1, -0.05) is 0 Å². The highest BCUT2D eigenvalue weighted by atomic mass is 16.5. The molecular weight excluding hydrogens is 228 g/mol. The number of carbonyl (C=O) groups is 1. The zero-order valence-corrected chi connectivity index (χ0v) is 10.9. The number of amidine groups is 1. The average molecular weight is 248 g/mol. The number of fused-ring (bicyclic) bond motifs is 3. The highest BCUT2D eigenvalue weighted by molar-refractivity contribution is 5.93. The summed E-state index contributed by atoms with van der Waals surface area (Å²) in [5.74, 6) is 1.39. The fourth-order valence-electron chi connectivity index (χ4n) is 3.39. The van der Waals surface area contributed by atoms with Crippen molar-refractivity contribution >= 4 is 11.6 Å². The van der Waals surface area contributed by atoms with E-state index in [0.29, 0.717) is 6.42 Å². The van der Waals surface area contributed by atoms with Gasteiger partial charge < -0.3 is 9.64 Å². The van der Waals surface area contributed by atoms with E-state index in [-0.39, 0.29) is 17.4 Å². The fourth-order valence-corrected chi connectivity index (χ4v) is 3.39. The molecular formula is C14H20N2O2. The van der Waals surface area contributed by atoms with Gasteiger partial charge in [0, 0.05) is 33.0 Å². The summed E-state index contributed by atoms with van der Waals surface area (Å²) < 4.78 is 5.79. The number of ether oxygens (including phenoxy) is 1. The molecule has 0 aromatic carbocycles. The number of hydrogen-bond donors (Lipinski definition) is 0. The molecule has 3 aliphatic rings. The van der Waals surface area contributed by atoms with Crippen LogP contribution in [0.3, 0.4) is 0 Å². The predicted octanol–water partition coefficient (Wildman–Crippen LogP) is 1.56. The summed E-state index contributed by atoms with van der Waals surface area (Å²) in [5, 5.41) is 0. The largest absolute Gasteiger partial charge is 0.372 e. The van der Waals surface area contributed by atoms with Gasteiger partial charge in [-0.3, -0.25) is 9.79 Å². The molecule has 0 bridgehead atoms. The molecule has 0 unspecified atom stereocenters. The molecule has 2 atom stereocenters. The number of rotatable bonds is 1. The van der Waals surface area contributed by atoms with Crippen LogP contribution >= 0.6 is 0 Å². The molecule has 3 rings (SSSR count). The standard InChI is InChI=1S/C14H20N2O2/c1-18-14-6-4-11(17)10-12(14)16-9-3-2-8-15-13(16)5-7-14/h4,6,12H,2-3,5,7-10H2,1H3/t12-,14+/m1/s1. The van der Waals surface area contributed by atoms with E-state index in [0.717, 1.165) is 38.8 Å². The molecule has 0 N–H and O–H groups in total. The molecule has 0 spiro atoms. The third kappa shape index (κ3) is 1.79. The van der Waals surface area contributed by atoms with Gasteiger partial charge >= 0.3 is 0 Å². The monoisotopic (exact) mass is 248 g/mol. The molecule has 0 amide bonds. The van der Waals surface area contributed by atoms with E-state index in [4.69, 9.17) is 4.74 Å². The van der Waals surface area contributed by atoms with Crippen molar-refractivity contribution in [1.82, 2.24) is 4.90 Å². The van der Waals surface area contributed by atoms with E-state index >= 15 is 0 Å². The van der Waals surface area contributed by atoms with Crippen molar-refractivity contribution < 1.29 is 9.53 Å². The van der Waals surface area contributed by atoms with Gasteiger partial charge in [-0.15, -0.1) is 0 Å². The second-order valence-electron chi connectivity index (χ2n) is 5.38. The highest BCUT2D eigenvalue weighted by Crippen LogP contribution is 2.38. The van der Waals surface area contributed by atoms with Gasteiger partial charge in [-0.05, 0) is 31.4 Å². The summed E-state index contributed by atoms with van der Waals surface area (Å²) >= 11 is 0. The number of ketones is 1. The molecule has 4 nitrogen and oxygen atoms in total. The van der Waals surface area contributed by atoms with E-state index in [1.54, 1.807) is 13.2 Å². The van der Waals surface area contributed by atoms with Crippen molar-refractivity contribution in [1.29, 1.82) is 0 Å². The van der Waals surface area contributed by atoms with Crippen molar-refractivity contribution in [2.75, 3.05) is 20.2 Å². The zero-order valence-electron chi connectivity index (χ0n) is 10.9. The van der Waals surface area contributed by atoms with Crippen LogP contribution in [-0.4, -0.2) is 48.4 Å². The van der Waals surface area contributed by atoms with Crippen molar-refractivity contribution in [2.24, 2.45) is 4.99 Å². The molecule has 4 heteroatoms. The van der Waals surface area contributed by atoms with E-state index in [9.17, 15) is 4.79 Å². The molecule has 0 aromatic heterocycles. The lowest BCUT2D eigenvalue weighted by Crippen LogP contribution is -2.60. The van der Waals surface area contributed by atoms with Crippen molar-refractivity contribution in [2.45, 2.75) is 43.7 Å². The number of piperidine rings is 1. The lowest BCUT2D eigenvalue weighted by Gasteiger charge is -2.50. The summed E-state index contributed by atoms with van der Waals surface area (Å²) in [6.45, 7) is 1.94. The van der Waals surface area contributed by atoms with Crippen LogP contribution < -0.4 is 0 Å². The van der Waals surface area contributed by atoms with Crippen molar-refractivity contribution in [3.63, 3.8) is 0 Å². The van der Waals surface area contributed by atoms with Gasteiger partial charge in [0.05, 0.1) is 11.9 Å². The molecule has 1 aliphatic carbocycles. The topological polar surface area (TPSA) is 41.9 Å². The van der Waals surface area contributed by atoms with Gasteiger partial charge in [0.15, 0.2) is 5.78 Å². The molecule has 2 heterocycles. The Bertz CT molecular complexity index is 416. The van der Waals surface area contributed by atoms with E-state index in [2.05, 4.69) is 9.89 Å². The van der Waals surface area contributed by atoms with Crippen LogP contribution in [0.2, 0.25) is 0 Å². The Kier molecular flexibility index (Phi) is 2.98. The second kappa shape index (κ2) is 4.50. The van der Waals surface area contributed by atoms with Gasteiger partial charge in [0.25, 0.3) is 0 Å². The van der Waals surface area contributed by atoms with Crippen LogP contribution in [0.4, 0.5) is 0 Å². The Balaban J connectivity index is 1.97. The van der Waals surface area contributed by atoms with Crippen LogP contribution in [0.1, 0.15) is 32.1 Å². The number of nitrogens with zero attached hydrogens (tertiary/aromatic N) is 2. The first-order valence-electron chi connectivity index (χ1n) is 6.82. The van der Waals surface area contributed by atoms with E-state index < -0.39 is 0 Å². The zero-order chi connectivity index (χ0) is 12.6. The Hall–Kier alpha value is -1.16. The van der Waals surface area contributed by atoms with E-state index in [1.165, 1.54) is 5.84 Å². The molecule has 0 radical (unpaired) electrons. The first-order chi connectivity index (χ1) is 8.75. The maximum atomic E-state index is 11.7. The number of aliphatic imine (C=N–C) groups is 1. The molecule has 18 heavy (non-hydrogen) atoms. The minimum absolute atomic E-state index is 0.144. The van der Waals surface area contributed by atoms with Gasteiger partial charge in [0.1, 0.15) is 5.60 Å². The Morgan fingerprint density at radius 1 is 1.50 bits per heavy atom. The van der Waals surface area contributed by atoms with Crippen molar-refractivity contribution in [3.8, 4) is 0 Å². The fraction of sp³-hybridized carbons (Fsp3) is 0.714. The number of allylic oxidation sites excluding steroid dienone is 1. The first kappa shape index (κ1) is 11.9. The molecule has 1 saturated heterocycles. The third-order valence-corrected chi connectivity index (χ3v) is 4.44. The number of carbonyl (C=O) groups excluding carboxylic acids is 1. The Morgan fingerprint density at radius 2 is 2.39 bits per heavy atom. The van der Waals surface area contributed by atoms with Gasteiger partial charge in [0.2, 0.25) is 0 Å². The summed E-state index contributed by atoms with van der Waals surface area (Å²) in [4.78, 5) is 18.7. The Morgan fingerprint density at radius 3 is 3.22 bits per heavy atom. The van der Waals surface area contributed by atoms with Crippen LogP contribution in [0.25, 0.3) is 0 Å². The molecule has 0 aromatic rings. The highest BCUT2D eigenvalue weighted by Gasteiger charge is 2.47. The molecule has 1 fully saturated rings. The SMILES string of the molecule is CO[C@]12C=CC(=O)C[C@H]1N1CCCCN=C1CC2. The lowest BCUT2D eigenvalue weighted by molar-refractivity contribution is -0.121. The first-order valence-corrected chi connectivity index (χ1v) is 6.82. The van der Waals surface area contributed by atoms with Gasteiger partial charge in [-0.2, -0.15) is 0 Å². The smallest absolute Gasteiger partial charge is 0.157 e. The van der Waals surface area contributed by atoms with Crippen LogP contribution in [0, 0.1) is 0 Å². The predicted molar refractivity (Wildman–Crippen MR) is 69.8 cm³/mol. The van der Waals surface area contributed by atoms with Crippen LogP contribution in [0.15, 0.2) is 17.1 Å². The number of methoxy groups -OCH3 is 1. The molecule has 98 valence electrons. The molecule has 2 aliphatic heterocycles. The maximum absolute atomic E-state index is 11.7. The minimum Gasteiger partial charge on any atom is -0.372 e. The lowest BCUT2D eigenvalue weighted by atomic mass is 9.77. The summed E-state index contributed by atoms with van der Waals surface area (Å²) in [6.07, 6.45) is 8.43. The summed E-state index contributed by atoms with van der Waals surface area (Å²) in [7, 11) is 1.76. The third-order valence-electron chi connectivity index (χ3n) is 4.44. The molecule has 0 saturated carbocycles. The van der Waals surface area contributed by atoms with Crippen molar-refractivity contribution in [3.05, 3.63) is 12.2 Å². The summed E-state index contributed by atoms with van der Waals surface area (Å²) in [6, 6.07) is 0.144. The minimum atomic E-state index is -0.280. The normalized spacial score (nSPS) is 35.6. The average Bonchev–Trinajstić information content (AvgIpc) is 2.64. The Labute approximate surface area is 108 Å².